The third-order valence-corrected chi connectivity index (χ3v) is 2.00. The standard InChI is InChI=1S/C12H14N2O2/c1-8(12(13)16)7-10-3-5-11(6-4-10)14-9(2)15/h3-7H,1-2H3,(H2,13,16)(H,14,15). The van der Waals surface area contributed by atoms with Gasteiger partial charge in [0.2, 0.25) is 11.8 Å². The molecule has 0 unspecified atom stereocenters. The first kappa shape index (κ1) is 12.0. The Labute approximate surface area is 94.1 Å². The summed E-state index contributed by atoms with van der Waals surface area (Å²) in [6, 6.07) is 7.14. The fourth-order valence-electron chi connectivity index (χ4n) is 1.19. The molecule has 16 heavy (non-hydrogen) atoms. The molecule has 0 radical (unpaired) electrons. The van der Waals surface area contributed by atoms with Crippen LogP contribution in [0.25, 0.3) is 6.08 Å². The number of benzene rings is 1. The van der Waals surface area contributed by atoms with Gasteiger partial charge in [-0.15, -0.1) is 0 Å². The zero-order valence-electron chi connectivity index (χ0n) is 9.28. The van der Waals surface area contributed by atoms with Gasteiger partial charge in [-0.25, -0.2) is 0 Å². The van der Waals surface area contributed by atoms with E-state index in [1.807, 2.05) is 0 Å². The van der Waals surface area contributed by atoms with Crippen LogP contribution in [0, 0.1) is 0 Å². The van der Waals surface area contributed by atoms with Gasteiger partial charge in [-0.3, -0.25) is 9.59 Å². The van der Waals surface area contributed by atoms with Crippen molar-refractivity contribution in [2.75, 3.05) is 5.32 Å². The van der Waals surface area contributed by atoms with Crippen LogP contribution in [0.2, 0.25) is 0 Å². The number of rotatable bonds is 3. The molecule has 0 saturated carbocycles. The maximum absolute atomic E-state index is 10.8. The predicted molar refractivity (Wildman–Crippen MR) is 63.6 cm³/mol. The number of amides is 2. The molecular formula is C12H14N2O2. The van der Waals surface area contributed by atoms with Gasteiger partial charge in [-0.1, -0.05) is 12.1 Å². The first-order chi connectivity index (χ1) is 7.49. The van der Waals surface area contributed by atoms with Gasteiger partial charge in [0.15, 0.2) is 0 Å². The molecule has 1 aromatic rings. The normalized spacial score (nSPS) is 11.0. The smallest absolute Gasteiger partial charge is 0.244 e. The lowest BCUT2D eigenvalue weighted by Gasteiger charge is -2.02. The summed E-state index contributed by atoms with van der Waals surface area (Å²) >= 11 is 0. The van der Waals surface area contributed by atoms with Gasteiger partial charge in [0.05, 0.1) is 0 Å². The average Bonchev–Trinajstić information content (AvgIpc) is 2.20. The van der Waals surface area contributed by atoms with Gasteiger partial charge in [0, 0.05) is 18.2 Å². The molecule has 0 spiro atoms. The van der Waals surface area contributed by atoms with Crippen molar-refractivity contribution in [3.63, 3.8) is 0 Å². The second-order valence-corrected chi connectivity index (χ2v) is 3.49. The molecule has 2 amide bonds. The van der Waals surface area contributed by atoms with Crippen molar-refractivity contribution in [2.24, 2.45) is 5.73 Å². The monoisotopic (exact) mass is 218 g/mol. The third kappa shape index (κ3) is 3.57. The molecular weight excluding hydrogens is 204 g/mol. The molecule has 4 nitrogen and oxygen atoms in total. The summed E-state index contributed by atoms with van der Waals surface area (Å²) in [6.07, 6.45) is 1.69. The summed E-state index contributed by atoms with van der Waals surface area (Å²) in [5.74, 6) is -0.553. The van der Waals surface area contributed by atoms with Gasteiger partial charge in [0.25, 0.3) is 0 Å². The van der Waals surface area contributed by atoms with Crippen LogP contribution in [0.1, 0.15) is 19.4 Å². The summed E-state index contributed by atoms with van der Waals surface area (Å²) in [4.78, 5) is 21.6. The number of primary amides is 1. The van der Waals surface area contributed by atoms with Gasteiger partial charge in [-0.05, 0) is 30.7 Å². The summed E-state index contributed by atoms with van der Waals surface area (Å²) in [6.45, 7) is 3.11. The highest BCUT2D eigenvalue weighted by molar-refractivity contribution is 5.96. The summed E-state index contributed by atoms with van der Waals surface area (Å²) in [7, 11) is 0. The van der Waals surface area contributed by atoms with Crippen LogP contribution in [0.3, 0.4) is 0 Å². The Morgan fingerprint density at radius 3 is 2.19 bits per heavy atom. The molecule has 0 aliphatic carbocycles. The molecule has 0 heterocycles. The Morgan fingerprint density at radius 1 is 1.19 bits per heavy atom. The van der Waals surface area contributed by atoms with Crippen LogP contribution < -0.4 is 11.1 Å². The van der Waals surface area contributed by atoms with Gasteiger partial charge < -0.3 is 11.1 Å². The zero-order valence-corrected chi connectivity index (χ0v) is 9.28. The van der Waals surface area contributed by atoms with E-state index < -0.39 is 5.91 Å². The molecule has 0 atom stereocenters. The lowest BCUT2D eigenvalue weighted by molar-refractivity contribution is -0.115. The van der Waals surface area contributed by atoms with Crippen LogP contribution in [0.5, 0.6) is 0 Å². The molecule has 1 aromatic carbocycles. The fraction of sp³-hybridized carbons (Fsp3) is 0.167. The SMILES string of the molecule is CC(=O)Nc1ccc(C=C(C)C(N)=O)cc1. The number of nitrogens with two attached hydrogens (primary N) is 1. The minimum atomic E-state index is -0.439. The molecule has 0 fully saturated rings. The number of anilines is 1. The van der Waals surface area contributed by atoms with E-state index in [9.17, 15) is 9.59 Å². The van der Waals surface area contributed by atoms with Crippen LogP contribution in [-0.2, 0) is 9.59 Å². The number of hydrogen-bond acceptors (Lipinski definition) is 2. The van der Waals surface area contributed by atoms with Crippen LogP contribution in [-0.4, -0.2) is 11.8 Å². The molecule has 1 rings (SSSR count). The fourth-order valence-corrected chi connectivity index (χ4v) is 1.19. The molecule has 3 N–H and O–H groups in total. The highest BCUT2D eigenvalue weighted by Crippen LogP contribution is 2.12. The number of hydrogen-bond donors (Lipinski definition) is 2. The maximum Gasteiger partial charge on any atom is 0.244 e. The minimum absolute atomic E-state index is 0.114. The highest BCUT2D eigenvalue weighted by atomic mass is 16.1. The van der Waals surface area contributed by atoms with Crippen molar-refractivity contribution in [2.45, 2.75) is 13.8 Å². The number of carbonyl (C=O) groups excluding carboxylic acids is 2. The molecule has 0 aliphatic rings. The summed E-state index contributed by atoms with van der Waals surface area (Å²) in [5.41, 5.74) is 7.20. The zero-order chi connectivity index (χ0) is 12.1. The van der Waals surface area contributed by atoms with Crippen molar-refractivity contribution in [3.05, 3.63) is 35.4 Å². The van der Waals surface area contributed by atoms with Crippen LogP contribution in [0.15, 0.2) is 29.8 Å². The lowest BCUT2D eigenvalue weighted by atomic mass is 10.1. The van der Waals surface area contributed by atoms with E-state index in [1.54, 1.807) is 37.3 Å². The summed E-state index contributed by atoms with van der Waals surface area (Å²) < 4.78 is 0. The summed E-state index contributed by atoms with van der Waals surface area (Å²) in [5, 5.41) is 2.66. The van der Waals surface area contributed by atoms with E-state index in [4.69, 9.17) is 5.73 Å². The van der Waals surface area contributed by atoms with Gasteiger partial charge >= 0.3 is 0 Å². The van der Waals surface area contributed by atoms with Crippen molar-refractivity contribution < 1.29 is 9.59 Å². The largest absolute Gasteiger partial charge is 0.366 e. The van der Waals surface area contributed by atoms with Crippen molar-refractivity contribution >= 4 is 23.6 Å². The Kier molecular flexibility index (Phi) is 3.83. The Balaban J connectivity index is 2.83. The first-order valence-electron chi connectivity index (χ1n) is 4.85. The molecule has 0 aliphatic heterocycles. The first-order valence-corrected chi connectivity index (χ1v) is 4.85. The second kappa shape index (κ2) is 5.11. The maximum atomic E-state index is 10.8. The van der Waals surface area contributed by atoms with Crippen molar-refractivity contribution in [1.82, 2.24) is 0 Å². The van der Waals surface area contributed by atoms with Crippen molar-refractivity contribution in [1.29, 1.82) is 0 Å². The highest BCUT2D eigenvalue weighted by Gasteiger charge is 1.98. The van der Waals surface area contributed by atoms with E-state index in [0.717, 1.165) is 11.3 Å². The van der Waals surface area contributed by atoms with E-state index in [-0.39, 0.29) is 5.91 Å². The molecule has 0 aromatic heterocycles. The van der Waals surface area contributed by atoms with E-state index >= 15 is 0 Å². The third-order valence-electron chi connectivity index (χ3n) is 2.00. The molecule has 0 bridgehead atoms. The lowest BCUT2D eigenvalue weighted by Crippen LogP contribution is -2.11. The Morgan fingerprint density at radius 2 is 1.75 bits per heavy atom. The number of carbonyl (C=O) groups is 2. The Hall–Kier alpha value is -2.10. The topological polar surface area (TPSA) is 72.2 Å². The number of nitrogens with one attached hydrogen (secondary N) is 1. The van der Waals surface area contributed by atoms with Crippen LogP contribution >= 0.6 is 0 Å². The van der Waals surface area contributed by atoms with E-state index in [0.29, 0.717) is 5.57 Å². The van der Waals surface area contributed by atoms with Crippen LogP contribution in [0.4, 0.5) is 5.69 Å². The van der Waals surface area contributed by atoms with E-state index in [1.165, 1.54) is 6.92 Å². The van der Waals surface area contributed by atoms with Gasteiger partial charge in [-0.2, -0.15) is 0 Å². The quantitative estimate of drug-likeness (QED) is 0.755. The average molecular weight is 218 g/mol. The molecule has 84 valence electrons. The second-order valence-electron chi connectivity index (χ2n) is 3.49. The van der Waals surface area contributed by atoms with E-state index in [2.05, 4.69) is 5.32 Å². The van der Waals surface area contributed by atoms with Gasteiger partial charge in [0.1, 0.15) is 0 Å². The molecule has 4 heteroatoms. The predicted octanol–water partition coefficient (Wildman–Crippen LogP) is 1.53. The van der Waals surface area contributed by atoms with Crippen molar-refractivity contribution in [3.8, 4) is 0 Å². The minimum Gasteiger partial charge on any atom is -0.366 e. The Bertz CT molecular complexity index is 433. The molecule has 0 saturated heterocycles.